The highest BCUT2D eigenvalue weighted by atomic mass is 16.5. The molecule has 2 aromatic heterocycles. The number of benzene rings is 2. The Morgan fingerprint density at radius 1 is 1.00 bits per heavy atom. The average Bonchev–Trinajstić information content (AvgIpc) is 2.97. The Morgan fingerprint density at radius 2 is 1.70 bits per heavy atom. The summed E-state index contributed by atoms with van der Waals surface area (Å²) in [6.07, 6.45) is 0.968. The number of ketones is 1. The Hall–Kier alpha value is -5.06. The number of rotatable bonds is 11. The van der Waals surface area contributed by atoms with Crippen LogP contribution in [0.15, 0.2) is 65.6 Å². The Labute approximate surface area is 229 Å². The third-order valence-electron chi connectivity index (χ3n) is 6.49. The molecule has 0 aliphatic carbocycles. The number of Topliss-reactive ketones (excluding diaryl/α,β-unsaturated/α-hetero) is 1. The standard InChI is InChI=1S/C29H28N4O7/c1-16(29(37)38)14-31-28(36)26-30-15-22(27(35)33-26)25(34)13-21(17-4-7-19(39-2)8-5-17)24-10-6-18-12-20(40-3)9-11-23(18)32-24/h4-12,15-16,21H,13-14H2,1-3H3,(H,31,36)(H,37,38)(H,30,33,35)/t16-,21?/m0/s1. The summed E-state index contributed by atoms with van der Waals surface area (Å²) in [5, 5.41) is 12.2. The highest BCUT2D eigenvalue weighted by molar-refractivity contribution is 5.97. The number of fused-ring (bicyclic) bond motifs is 1. The van der Waals surface area contributed by atoms with Gasteiger partial charge in [0.05, 0.1) is 25.7 Å². The van der Waals surface area contributed by atoms with Gasteiger partial charge in [0.15, 0.2) is 11.6 Å². The van der Waals surface area contributed by atoms with Gasteiger partial charge in [-0.3, -0.25) is 24.2 Å². The van der Waals surface area contributed by atoms with E-state index < -0.39 is 35.1 Å². The van der Waals surface area contributed by atoms with E-state index in [-0.39, 0.29) is 24.4 Å². The second kappa shape index (κ2) is 12.2. The van der Waals surface area contributed by atoms with Crippen LogP contribution in [0.1, 0.15) is 51.5 Å². The summed E-state index contributed by atoms with van der Waals surface area (Å²) >= 11 is 0. The lowest BCUT2D eigenvalue weighted by Crippen LogP contribution is -2.34. The quantitative estimate of drug-likeness (QED) is 0.241. The maximum Gasteiger partial charge on any atom is 0.308 e. The highest BCUT2D eigenvalue weighted by Crippen LogP contribution is 2.31. The number of ether oxygens (including phenoxy) is 2. The van der Waals surface area contributed by atoms with Gasteiger partial charge in [-0.15, -0.1) is 0 Å². The van der Waals surface area contributed by atoms with E-state index in [1.54, 1.807) is 32.4 Å². The molecule has 0 fully saturated rings. The fourth-order valence-electron chi connectivity index (χ4n) is 4.09. The molecule has 1 unspecified atom stereocenters. The smallest absolute Gasteiger partial charge is 0.308 e. The van der Waals surface area contributed by atoms with Crippen LogP contribution in [0, 0.1) is 5.92 Å². The van der Waals surface area contributed by atoms with Crippen LogP contribution in [0.5, 0.6) is 11.5 Å². The number of carboxylic acids is 1. The number of carbonyl (C=O) groups is 3. The largest absolute Gasteiger partial charge is 0.497 e. The first-order valence-corrected chi connectivity index (χ1v) is 12.4. The van der Waals surface area contributed by atoms with Crippen molar-refractivity contribution in [3.05, 3.63) is 93.8 Å². The zero-order valence-electron chi connectivity index (χ0n) is 22.1. The minimum Gasteiger partial charge on any atom is -0.497 e. The minimum absolute atomic E-state index is 0.0899. The van der Waals surface area contributed by atoms with Crippen LogP contribution < -0.4 is 20.3 Å². The van der Waals surface area contributed by atoms with E-state index in [9.17, 15) is 19.2 Å². The first-order chi connectivity index (χ1) is 19.2. The minimum atomic E-state index is -1.07. The van der Waals surface area contributed by atoms with Crippen molar-refractivity contribution in [2.75, 3.05) is 20.8 Å². The fourth-order valence-corrected chi connectivity index (χ4v) is 4.09. The SMILES string of the molecule is COc1ccc(C(CC(=O)c2cnc(C(=O)NC[C@H](C)C(=O)O)[nH]c2=O)c2ccc3cc(OC)ccc3n2)cc1. The Balaban J connectivity index is 1.62. The Kier molecular flexibility index (Phi) is 8.53. The molecule has 206 valence electrons. The number of carbonyl (C=O) groups excluding carboxylic acids is 2. The summed E-state index contributed by atoms with van der Waals surface area (Å²) in [7, 11) is 3.15. The van der Waals surface area contributed by atoms with Gasteiger partial charge in [0.2, 0.25) is 0 Å². The van der Waals surface area contributed by atoms with Gasteiger partial charge in [-0.2, -0.15) is 0 Å². The molecule has 2 aromatic carbocycles. The predicted octanol–water partition coefficient (Wildman–Crippen LogP) is 3.19. The van der Waals surface area contributed by atoms with Crippen molar-refractivity contribution in [3.63, 3.8) is 0 Å². The number of amides is 1. The molecule has 4 rings (SSSR count). The number of aromatic nitrogens is 3. The number of aliphatic carboxylic acids is 1. The molecule has 3 N–H and O–H groups in total. The monoisotopic (exact) mass is 544 g/mol. The maximum absolute atomic E-state index is 13.4. The van der Waals surface area contributed by atoms with E-state index in [0.29, 0.717) is 17.2 Å². The molecule has 11 nitrogen and oxygen atoms in total. The number of methoxy groups -OCH3 is 2. The van der Waals surface area contributed by atoms with Crippen LogP contribution in [0.25, 0.3) is 10.9 Å². The molecule has 0 radical (unpaired) electrons. The van der Waals surface area contributed by atoms with Gasteiger partial charge in [-0.25, -0.2) is 4.98 Å². The fraction of sp³-hybridized carbons (Fsp3) is 0.241. The van der Waals surface area contributed by atoms with Crippen LogP contribution in [0.2, 0.25) is 0 Å². The van der Waals surface area contributed by atoms with Gasteiger partial charge in [-0.05, 0) is 42.0 Å². The third kappa shape index (κ3) is 6.32. The molecular formula is C29H28N4O7. The van der Waals surface area contributed by atoms with Crippen molar-refractivity contribution in [3.8, 4) is 11.5 Å². The summed E-state index contributed by atoms with van der Waals surface area (Å²) < 4.78 is 10.6. The molecule has 40 heavy (non-hydrogen) atoms. The van der Waals surface area contributed by atoms with Crippen molar-refractivity contribution in [2.24, 2.45) is 5.92 Å². The molecule has 11 heteroatoms. The lowest BCUT2D eigenvalue weighted by molar-refractivity contribution is -0.140. The Morgan fingerprint density at radius 3 is 2.35 bits per heavy atom. The van der Waals surface area contributed by atoms with Crippen molar-refractivity contribution in [1.29, 1.82) is 0 Å². The molecule has 0 saturated carbocycles. The first-order valence-electron chi connectivity index (χ1n) is 12.4. The molecule has 0 spiro atoms. The summed E-state index contributed by atoms with van der Waals surface area (Å²) in [6, 6.07) is 16.5. The number of nitrogens with zero attached hydrogens (tertiary/aromatic N) is 2. The molecule has 0 aliphatic heterocycles. The van der Waals surface area contributed by atoms with Gasteiger partial charge in [0.1, 0.15) is 17.1 Å². The molecular weight excluding hydrogens is 516 g/mol. The molecule has 0 saturated heterocycles. The van der Waals surface area contributed by atoms with E-state index in [4.69, 9.17) is 19.6 Å². The van der Waals surface area contributed by atoms with Crippen LogP contribution in [0.3, 0.4) is 0 Å². The van der Waals surface area contributed by atoms with Crippen molar-refractivity contribution in [1.82, 2.24) is 20.3 Å². The van der Waals surface area contributed by atoms with Gasteiger partial charge in [-0.1, -0.05) is 25.1 Å². The van der Waals surface area contributed by atoms with E-state index in [1.165, 1.54) is 6.92 Å². The Bertz CT molecular complexity index is 1620. The molecule has 2 heterocycles. The normalized spacial score (nSPS) is 12.4. The van der Waals surface area contributed by atoms with Crippen LogP contribution in [-0.2, 0) is 4.79 Å². The summed E-state index contributed by atoms with van der Waals surface area (Å²) in [4.78, 5) is 60.5. The number of aromatic amines is 1. The summed E-state index contributed by atoms with van der Waals surface area (Å²) in [5.41, 5.74) is 1.16. The first kappa shape index (κ1) is 28.0. The molecule has 2 atom stereocenters. The number of H-pyrrole nitrogens is 1. The van der Waals surface area contributed by atoms with Gasteiger partial charge in [0, 0.05) is 36.2 Å². The highest BCUT2D eigenvalue weighted by Gasteiger charge is 2.24. The maximum atomic E-state index is 13.4. The van der Waals surface area contributed by atoms with Crippen molar-refractivity contribution < 1.29 is 29.0 Å². The van der Waals surface area contributed by atoms with Gasteiger partial charge < -0.3 is 24.9 Å². The van der Waals surface area contributed by atoms with E-state index in [0.717, 1.165) is 22.7 Å². The summed E-state index contributed by atoms with van der Waals surface area (Å²) in [6.45, 7) is 1.29. The lowest BCUT2D eigenvalue weighted by atomic mass is 9.88. The predicted molar refractivity (Wildman–Crippen MR) is 146 cm³/mol. The summed E-state index contributed by atoms with van der Waals surface area (Å²) in [5.74, 6) is -2.60. The van der Waals surface area contributed by atoms with Crippen LogP contribution in [0.4, 0.5) is 0 Å². The molecule has 0 aliphatic rings. The zero-order valence-corrected chi connectivity index (χ0v) is 22.1. The van der Waals surface area contributed by atoms with E-state index in [1.807, 2.05) is 36.4 Å². The second-order valence-corrected chi connectivity index (χ2v) is 9.17. The van der Waals surface area contributed by atoms with Crippen LogP contribution in [-0.4, -0.2) is 58.5 Å². The van der Waals surface area contributed by atoms with E-state index in [2.05, 4.69) is 15.3 Å². The van der Waals surface area contributed by atoms with E-state index >= 15 is 0 Å². The number of hydrogen-bond acceptors (Lipinski definition) is 8. The number of pyridine rings is 1. The lowest BCUT2D eigenvalue weighted by Gasteiger charge is -2.18. The average molecular weight is 545 g/mol. The van der Waals surface area contributed by atoms with Gasteiger partial charge in [0.25, 0.3) is 11.5 Å². The number of hydrogen-bond donors (Lipinski definition) is 3. The second-order valence-electron chi connectivity index (χ2n) is 9.17. The number of carboxylic acid groups (broad SMARTS) is 1. The zero-order chi connectivity index (χ0) is 28.8. The third-order valence-corrected chi connectivity index (χ3v) is 6.49. The molecule has 1 amide bonds. The van der Waals surface area contributed by atoms with Crippen molar-refractivity contribution >= 4 is 28.6 Å². The molecule has 0 bridgehead atoms. The van der Waals surface area contributed by atoms with Gasteiger partial charge >= 0.3 is 5.97 Å². The van der Waals surface area contributed by atoms with Crippen molar-refractivity contribution in [2.45, 2.75) is 19.3 Å². The van der Waals surface area contributed by atoms with Crippen LogP contribution >= 0.6 is 0 Å². The molecule has 4 aromatic rings. The topological polar surface area (TPSA) is 161 Å². The number of nitrogens with one attached hydrogen (secondary N) is 2.